The summed E-state index contributed by atoms with van der Waals surface area (Å²) in [6.45, 7) is 5.28. The van der Waals surface area contributed by atoms with Crippen molar-refractivity contribution in [2.75, 3.05) is 43.1 Å². The minimum absolute atomic E-state index is 0.268. The molecule has 1 amide bonds. The van der Waals surface area contributed by atoms with Crippen LogP contribution in [0.25, 0.3) is 0 Å². The third-order valence-corrected chi connectivity index (χ3v) is 3.63. The average Bonchev–Trinajstić information content (AvgIpc) is 2.64. The Bertz CT molecular complexity index is 684. The van der Waals surface area contributed by atoms with E-state index in [-0.39, 0.29) is 5.91 Å². The van der Waals surface area contributed by atoms with Gasteiger partial charge in [0, 0.05) is 25.5 Å². The number of amides is 1. The van der Waals surface area contributed by atoms with Crippen LogP contribution in [0.3, 0.4) is 0 Å². The Labute approximate surface area is 140 Å². The number of carbonyl (C=O) groups is 1. The Hall–Kier alpha value is -2.67. The van der Waals surface area contributed by atoms with Gasteiger partial charge in [-0.3, -0.25) is 4.79 Å². The minimum atomic E-state index is -0.268. The molecular weight excluding hydrogens is 308 g/mol. The average molecular weight is 328 g/mol. The van der Waals surface area contributed by atoms with Gasteiger partial charge in [0.15, 0.2) is 0 Å². The lowest BCUT2D eigenvalue weighted by atomic mass is 10.2. The molecule has 0 bridgehead atoms. The van der Waals surface area contributed by atoms with E-state index in [1.807, 2.05) is 30.0 Å². The minimum Gasteiger partial charge on any atom is -0.492 e. The molecule has 0 atom stereocenters. The first-order chi connectivity index (χ1) is 11.8. The van der Waals surface area contributed by atoms with Gasteiger partial charge in [-0.2, -0.15) is 0 Å². The zero-order valence-electron chi connectivity index (χ0n) is 13.6. The summed E-state index contributed by atoms with van der Waals surface area (Å²) < 4.78 is 10.8. The zero-order chi connectivity index (χ0) is 16.8. The summed E-state index contributed by atoms with van der Waals surface area (Å²) in [6.07, 6.45) is 3.08. The number of anilines is 2. The Balaban J connectivity index is 1.69. The fraction of sp³-hybridized carbons (Fsp3) is 0.353. The quantitative estimate of drug-likeness (QED) is 0.904. The molecule has 3 rings (SSSR count). The van der Waals surface area contributed by atoms with E-state index < -0.39 is 0 Å². The molecule has 7 heteroatoms. The van der Waals surface area contributed by atoms with Crippen LogP contribution in [0.5, 0.6) is 5.75 Å². The molecular formula is C17H20N4O3. The molecule has 0 aliphatic carbocycles. The number of nitrogens with one attached hydrogen (secondary N) is 1. The van der Waals surface area contributed by atoms with Gasteiger partial charge in [0.2, 0.25) is 5.95 Å². The molecule has 0 spiro atoms. The molecule has 7 nitrogen and oxygen atoms in total. The van der Waals surface area contributed by atoms with E-state index in [0.717, 1.165) is 13.1 Å². The Morgan fingerprint density at radius 3 is 2.67 bits per heavy atom. The molecule has 0 saturated carbocycles. The smallest absolute Gasteiger partial charge is 0.258 e. The normalized spacial score (nSPS) is 14.3. The number of benzene rings is 1. The molecule has 24 heavy (non-hydrogen) atoms. The van der Waals surface area contributed by atoms with Crippen molar-refractivity contribution >= 4 is 17.5 Å². The van der Waals surface area contributed by atoms with Crippen LogP contribution in [0.15, 0.2) is 36.7 Å². The number of carbonyl (C=O) groups excluding carboxylic acids is 1. The van der Waals surface area contributed by atoms with Crippen molar-refractivity contribution in [3.63, 3.8) is 0 Å². The number of aromatic nitrogens is 2. The molecule has 2 heterocycles. The van der Waals surface area contributed by atoms with E-state index in [1.165, 1.54) is 12.4 Å². The first-order valence-corrected chi connectivity index (χ1v) is 7.96. The predicted molar refractivity (Wildman–Crippen MR) is 90.6 cm³/mol. The standard InChI is InChI=1S/C17H20N4O3/c1-2-24-15-6-4-3-5-14(15)20-16(22)13-11-18-17(19-12-13)21-7-9-23-10-8-21/h3-6,11-12H,2,7-10H2,1H3,(H,20,22). The van der Waals surface area contributed by atoms with Crippen molar-refractivity contribution in [2.45, 2.75) is 6.92 Å². The third kappa shape index (κ3) is 3.80. The Kier molecular flexibility index (Phi) is 5.22. The summed E-state index contributed by atoms with van der Waals surface area (Å²) in [5.41, 5.74) is 1.03. The number of nitrogens with zero attached hydrogens (tertiary/aromatic N) is 3. The number of ether oxygens (including phenoxy) is 2. The second-order valence-electron chi connectivity index (χ2n) is 5.25. The second kappa shape index (κ2) is 7.74. The van der Waals surface area contributed by atoms with Gasteiger partial charge < -0.3 is 19.7 Å². The van der Waals surface area contributed by atoms with E-state index >= 15 is 0 Å². The number of para-hydroxylation sites is 2. The van der Waals surface area contributed by atoms with Gasteiger partial charge in [0.05, 0.1) is 31.1 Å². The maximum atomic E-state index is 12.4. The number of hydrogen-bond donors (Lipinski definition) is 1. The first kappa shape index (κ1) is 16.2. The first-order valence-electron chi connectivity index (χ1n) is 7.96. The molecule has 2 aromatic rings. The molecule has 1 aromatic carbocycles. The molecule has 0 unspecified atom stereocenters. The highest BCUT2D eigenvalue weighted by Gasteiger charge is 2.15. The lowest BCUT2D eigenvalue weighted by Gasteiger charge is -2.26. The maximum absolute atomic E-state index is 12.4. The topological polar surface area (TPSA) is 76.6 Å². The van der Waals surface area contributed by atoms with E-state index in [1.54, 1.807) is 6.07 Å². The van der Waals surface area contributed by atoms with Gasteiger partial charge in [0.25, 0.3) is 5.91 Å². The maximum Gasteiger partial charge on any atom is 0.258 e. The summed E-state index contributed by atoms with van der Waals surface area (Å²) in [5, 5.41) is 2.83. The molecule has 1 N–H and O–H groups in total. The number of hydrogen-bond acceptors (Lipinski definition) is 6. The lowest BCUT2D eigenvalue weighted by molar-refractivity contribution is 0.102. The highest BCUT2D eigenvalue weighted by molar-refractivity contribution is 6.04. The highest BCUT2D eigenvalue weighted by atomic mass is 16.5. The Morgan fingerprint density at radius 2 is 1.96 bits per heavy atom. The lowest BCUT2D eigenvalue weighted by Crippen LogP contribution is -2.37. The summed E-state index contributed by atoms with van der Waals surface area (Å²) >= 11 is 0. The largest absolute Gasteiger partial charge is 0.492 e. The van der Waals surface area contributed by atoms with Gasteiger partial charge in [-0.15, -0.1) is 0 Å². The molecule has 1 saturated heterocycles. The molecule has 0 radical (unpaired) electrons. The monoisotopic (exact) mass is 328 g/mol. The van der Waals surface area contributed by atoms with Gasteiger partial charge in [-0.25, -0.2) is 9.97 Å². The number of rotatable bonds is 5. The summed E-state index contributed by atoms with van der Waals surface area (Å²) in [5.74, 6) is 0.986. The van der Waals surface area contributed by atoms with Crippen molar-refractivity contribution in [3.8, 4) is 5.75 Å². The SMILES string of the molecule is CCOc1ccccc1NC(=O)c1cnc(N2CCOCC2)nc1. The van der Waals surface area contributed by atoms with Crippen LogP contribution < -0.4 is 15.0 Å². The highest BCUT2D eigenvalue weighted by Crippen LogP contribution is 2.24. The van der Waals surface area contributed by atoms with Crippen LogP contribution >= 0.6 is 0 Å². The molecule has 1 aromatic heterocycles. The van der Waals surface area contributed by atoms with Crippen LogP contribution in [0.1, 0.15) is 17.3 Å². The van der Waals surface area contributed by atoms with Crippen LogP contribution in [-0.4, -0.2) is 48.8 Å². The molecule has 1 aliphatic rings. The molecule has 1 aliphatic heterocycles. The van der Waals surface area contributed by atoms with Crippen LogP contribution in [0, 0.1) is 0 Å². The van der Waals surface area contributed by atoms with Crippen LogP contribution in [0.2, 0.25) is 0 Å². The van der Waals surface area contributed by atoms with E-state index in [4.69, 9.17) is 9.47 Å². The van der Waals surface area contributed by atoms with Crippen molar-refractivity contribution < 1.29 is 14.3 Å². The summed E-state index contributed by atoms with van der Waals surface area (Å²) in [4.78, 5) is 23.0. The fourth-order valence-electron chi connectivity index (χ4n) is 2.41. The zero-order valence-corrected chi connectivity index (χ0v) is 13.6. The van der Waals surface area contributed by atoms with E-state index in [9.17, 15) is 4.79 Å². The van der Waals surface area contributed by atoms with Crippen LogP contribution in [-0.2, 0) is 4.74 Å². The van der Waals surface area contributed by atoms with Crippen molar-refractivity contribution in [2.24, 2.45) is 0 Å². The summed E-state index contributed by atoms with van der Waals surface area (Å²) in [7, 11) is 0. The summed E-state index contributed by atoms with van der Waals surface area (Å²) in [6, 6.07) is 7.32. The molecule has 1 fully saturated rings. The fourth-order valence-corrected chi connectivity index (χ4v) is 2.41. The Morgan fingerprint density at radius 1 is 1.25 bits per heavy atom. The van der Waals surface area contributed by atoms with Gasteiger partial charge >= 0.3 is 0 Å². The van der Waals surface area contributed by atoms with E-state index in [2.05, 4.69) is 15.3 Å². The van der Waals surface area contributed by atoms with Crippen LogP contribution in [0.4, 0.5) is 11.6 Å². The molecule has 126 valence electrons. The van der Waals surface area contributed by atoms with Gasteiger partial charge in [-0.05, 0) is 19.1 Å². The van der Waals surface area contributed by atoms with E-state index in [0.29, 0.717) is 42.8 Å². The van der Waals surface area contributed by atoms with Crippen molar-refractivity contribution in [3.05, 3.63) is 42.2 Å². The predicted octanol–water partition coefficient (Wildman–Crippen LogP) is 1.96. The number of morpholine rings is 1. The van der Waals surface area contributed by atoms with Crippen molar-refractivity contribution in [1.82, 2.24) is 9.97 Å². The van der Waals surface area contributed by atoms with Gasteiger partial charge in [0.1, 0.15) is 5.75 Å². The van der Waals surface area contributed by atoms with Crippen molar-refractivity contribution in [1.29, 1.82) is 0 Å². The third-order valence-electron chi connectivity index (χ3n) is 3.63. The van der Waals surface area contributed by atoms with Gasteiger partial charge in [-0.1, -0.05) is 12.1 Å². The second-order valence-corrected chi connectivity index (χ2v) is 5.25.